The van der Waals surface area contributed by atoms with Gasteiger partial charge in [0.2, 0.25) is 0 Å². The largest absolute Gasteiger partial charge is 0.495 e. The van der Waals surface area contributed by atoms with E-state index in [1.54, 1.807) is 18.2 Å². The number of rotatable bonds is 5. The number of benzene rings is 2. The van der Waals surface area contributed by atoms with Crippen LogP contribution in [0.4, 0.5) is 5.69 Å². The van der Waals surface area contributed by atoms with Crippen LogP contribution in [-0.4, -0.2) is 19.6 Å². The third-order valence-corrected chi connectivity index (χ3v) is 4.08. The van der Waals surface area contributed by atoms with Crippen LogP contribution in [0.2, 0.25) is 20.1 Å². The Morgan fingerprint density at radius 2 is 1.61 bits per heavy atom. The molecule has 0 aromatic heterocycles. The van der Waals surface area contributed by atoms with Crippen LogP contribution < -0.4 is 14.8 Å². The summed E-state index contributed by atoms with van der Waals surface area (Å²) in [5, 5.41) is 3.89. The van der Waals surface area contributed by atoms with Crippen LogP contribution in [0.1, 0.15) is 0 Å². The molecule has 0 radical (unpaired) electrons. The molecule has 0 unspecified atom stereocenters. The van der Waals surface area contributed by atoms with Gasteiger partial charge in [-0.1, -0.05) is 46.4 Å². The molecule has 0 heterocycles. The normalized spacial score (nSPS) is 10.3. The fourth-order valence-electron chi connectivity index (χ4n) is 1.70. The van der Waals surface area contributed by atoms with E-state index in [4.69, 9.17) is 55.9 Å². The number of methoxy groups -OCH3 is 1. The van der Waals surface area contributed by atoms with Crippen molar-refractivity contribution in [2.24, 2.45) is 0 Å². The summed E-state index contributed by atoms with van der Waals surface area (Å²) in [6.45, 7) is -0.249. The van der Waals surface area contributed by atoms with Crippen molar-refractivity contribution >= 4 is 58.0 Å². The predicted molar refractivity (Wildman–Crippen MR) is 93.6 cm³/mol. The van der Waals surface area contributed by atoms with Crippen molar-refractivity contribution in [3.05, 3.63) is 50.4 Å². The van der Waals surface area contributed by atoms with Gasteiger partial charge in [0, 0.05) is 11.8 Å². The molecule has 0 fully saturated rings. The third-order valence-electron chi connectivity index (χ3n) is 2.77. The second-order valence-corrected chi connectivity index (χ2v) is 6.01. The molecule has 0 spiro atoms. The first-order valence-electron chi connectivity index (χ1n) is 6.31. The molecule has 8 heteroatoms. The molecule has 0 aliphatic rings. The molecule has 0 bridgehead atoms. The lowest BCUT2D eigenvalue weighted by atomic mass is 10.3. The van der Waals surface area contributed by atoms with Gasteiger partial charge in [0.1, 0.15) is 11.5 Å². The second kappa shape index (κ2) is 7.97. The van der Waals surface area contributed by atoms with Gasteiger partial charge in [-0.05, 0) is 24.3 Å². The highest BCUT2D eigenvalue weighted by Crippen LogP contribution is 2.33. The van der Waals surface area contributed by atoms with Crippen molar-refractivity contribution in [2.75, 3.05) is 19.0 Å². The van der Waals surface area contributed by atoms with Crippen LogP contribution in [-0.2, 0) is 4.79 Å². The molecular formula is C15H11Cl4NO3. The maximum Gasteiger partial charge on any atom is 0.262 e. The average molecular weight is 395 g/mol. The molecule has 0 saturated carbocycles. The molecule has 4 nitrogen and oxygen atoms in total. The summed E-state index contributed by atoms with van der Waals surface area (Å²) >= 11 is 23.7. The van der Waals surface area contributed by atoms with Crippen molar-refractivity contribution in [1.82, 2.24) is 0 Å². The lowest BCUT2D eigenvalue weighted by molar-refractivity contribution is -0.118. The standard InChI is InChI=1S/C15H11Cl4NO3/c1-22-13-3-2-8(4-11(13)18)20-15(21)7-23-14-6-10(17)9(16)5-12(14)19/h2-6H,7H2,1H3,(H,20,21). The molecule has 0 atom stereocenters. The Morgan fingerprint density at radius 1 is 0.957 bits per heavy atom. The Balaban J connectivity index is 1.98. The molecule has 1 N–H and O–H groups in total. The summed E-state index contributed by atoms with van der Waals surface area (Å²) in [5.74, 6) is 0.404. The summed E-state index contributed by atoms with van der Waals surface area (Å²) in [5.41, 5.74) is 0.518. The second-order valence-electron chi connectivity index (χ2n) is 4.38. The molecule has 2 aromatic carbocycles. The average Bonchev–Trinajstić information content (AvgIpc) is 2.50. The molecule has 2 rings (SSSR count). The van der Waals surface area contributed by atoms with E-state index in [0.717, 1.165) is 0 Å². The van der Waals surface area contributed by atoms with Crippen molar-refractivity contribution in [1.29, 1.82) is 0 Å². The Hall–Kier alpha value is -1.33. The van der Waals surface area contributed by atoms with E-state index in [1.165, 1.54) is 19.2 Å². The van der Waals surface area contributed by atoms with Crippen molar-refractivity contribution in [2.45, 2.75) is 0 Å². The minimum absolute atomic E-state index is 0.249. The van der Waals surface area contributed by atoms with E-state index >= 15 is 0 Å². The molecule has 122 valence electrons. The summed E-state index contributed by atoms with van der Waals surface area (Å²) < 4.78 is 10.4. The van der Waals surface area contributed by atoms with E-state index in [0.29, 0.717) is 21.5 Å². The number of hydrogen-bond acceptors (Lipinski definition) is 3. The Labute approximate surface area is 153 Å². The first kappa shape index (κ1) is 18.0. The monoisotopic (exact) mass is 393 g/mol. The third kappa shape index (κ3) is 4.82. The minimum Gasteiger partial charge on any atom is -0.495 e. The molecule has 0 aliphatic carbocycles. The van der Waals surface area contributed by atoms with Gasteiger partial charge in [-0.25, -0.2) is 0 Å². The maximum absolute atomic E-state index is 11.9. The van der Waals surface area contributed by atoms with Crippen molar-refractivity contribution in [3.63, 3.8) is 0 Å². The summed E-state index contributed by atoms with van der Waals surface area (Å²) in [7, 11) is 1.51. The van der Waals surface area contributed by atoms with E-state index in [-0.39, 0.29) is 28.3 Å². The zero-order valence-corrected chi connectivity index (χ0v) is 14.9. The highest BCUT2D eigenvalue weighted by Gasteiger charge is 2.10. The zero-order chi connectivity index (χ0) is 17.0. The van der Waals surface area contributed by atoms with Gasteiger partial charge in [-0.3, -0.25) is 4.79 Å². The van der Waals surface area contributed by atoms with Gasteiger partial charge in [0.25, 0.3) is 5.91 Å². The molecule has 0 aliphatic heterocycles. The van der Waals surface area contributed by atoms with E-state index in [1.807, 2.05) is 0 Å². The van der Waals surface area contributed by atoms with Crippen molar-refractivity contribution < 1.29 is 14.3 Å². The first-order valence-corrected chi connectivity index (χ1v) is 7.82. The van der Waals surface area contributed by atoms with E-state index in [9.17, 15) is 4.79 Å². The lowest BCUT2D eigenvalue weighted by Gasteiger charge is -2.10. The SMILES string of the molecule is COc1ccc(NC(=O)COc2cc(Cl)c(Cl)cc2Cl)cc1Cl. The summed E-state index contributed by atoms with van der Waals surface area (Å²) in [6.07, 6.45) is 0. The van der Waals surface area contributed by atoms with Gasteiger partial charge in [-0.15, -0.1) is 0 Å². The summed E-state index contributed by atoms with van der Waals surface area (Å²) in [4.78, 5) is 11.9. The Morgan fingerprint density at radius 3 is 2.26 bits per heavy atom. The predicted octanol–water partition coefficient (Wildman–Crippen LogP) is 5.33. The van der Waals surface area contributed by atoms with Gasteiger partial charge in [0.05, 0.1) is 27.2 Å². The number of carbonyl (C=O) groups excluding carboxylic acids is 1. The quantitative estimate of drug-likeness (QED) is 0.697. The van der Waals surface area contributed by atoms with Crippen LogP contribution in [0.25, 0.3) is 0 Å². The molecule has 23 heavy (non-hydrogen) atoms. The van der Waals surface area contributed by atoms with Crippen molar-refractivity contribution in [3.8, 4) is 11.5 Å². The van der Waals surface area contributed by atoms with Gasteiger partial charge < -0.3 is 14.8 Å². The molecule has 2 aromatic rings. The van der Waals surface area contributed by atoms with Crippen LogP contribution in [0.3, 0.4) is 0 Å². The number of amides is 1. The van der Waals surface area contributed by atoms with Gasteiger partial charge >= 0.3 is 0 Å². The topological polar surface area (TPSA) is 47.6 Å². The van der Waals surface area contributed by atoms with E-state index < -0.39 is 0 Å². The van der Waals surface area contributed by atoms with Crippen LogP contribution in [0.15, 0.2) is 30.3 Å². The van der Waals surface area contributed by atoms with Crippen LogP contribution >= 0.6 is 46.4 Å². The highest BCUT2D eigenvalue weighted by atomic mass is 35.5. The zero-order valence-electron chi connectivity index (χ0n) is 11.8. The summed E-state index contributed by atoms with van der Waals surface area (Å²) in [6, 6.07) is 7.78. The van der Waals surface area contributed by atoms with Crippen LogP contribution in [0, 0.1) is 0 Å². The number of anilines is 1. The van der Waals surface area contributed by atoms with E-state index in [2.05, 4.69) is 5.32 Å². The maximum atomic E-state index is 11.9. The lowest BCUT2D eigenvalue weighted by Crippen LogP contribution is -2.20. The number of halogens is 4. The number of carbonyl (C=O) groups is 1. The minimum atomic E-state index is -0.381. The Bertz CT molecular complexity index is 737. The molecular weight excluding hydrogens is 384 g/mol. The fourth-order valence-corrected chi connectivity index (χ4v) is 2.55. The number of nitrogens with one attached hydrogen (secondary N) is 1. The van der Waals surface area contributed by atoms with Gasteiger partial charge in [-0.2, -0.15) is 0 Å². The van der Waals surface area contributed by atoms with Gasteiger partial charge in [0.15, 0.2) is 6.61 Å². The Kier molecular flexibility index (Phi) is 6.25. The first-order chi connectivity index (χ1) is 10.9. The molecule has 1 amide bonds. The number of ether oxygens (including phenoxy) is 2. The fraction of sp³-hybridized carbons (Fsp3) is 0.133. The van der Waals surface area contributed by atoms with Crippen LogP contribution in [0.5, 0.6) is 11.5 Å². The number of hydrogen-bond donors (Lipinski definition) is 1. The highest BCUT2D eigenvalue weighted by molar-refractivity contribution is 6.43. The smallest absolute Gasteiger partial charge is 0.262 e. The molecule has 0 saturated heterocycles.